The minimum absolute atomic E-state index is 0.0830. The number of halogens is 3. The van der Waals surface area contributed by atoms with Crippen LogP contribution in [0.2, 0.25) is 0 Å². The molecular weight excluding hydrogens is 403 g/mol. The first-order valence-corrected chi connectivity index (χ1v) is 9.32. The zero-order valence-corrected chi connectivity index (χ0v) is 15.7. The number of carbonyl (C=O) groups is 2. The van der Waals surface area contributed by atoms with Crippen molar-refractivity contribution in [2.45, 2.75) is 30.7 Å². The van der Waals surface area contributed by atoms with Gasteiger partial charge in [0.15, 0.2) is 0 Å². The summed E-state index contributed by atoms with van der Waals surface area (Å²) in [6, 6.07) is 11.4. The molecule has 158 valence electrons. The molecule has 2 amide bonds. The van der Waals surface area contributed by atoms with Gasteiger partial charge < -0.3 is 14.6 Å². The van der Waals surface area contributed by atoms with Gasteiger partial charge >= 0.3 is 12.3 Å². The Morgan fingerprint density at radius 1 is 1.17 bits per heavy atom. The Hall–Kier alpha value is -3.07. The third-order valence-electron chi connectivity index (χ3n) is 5.27. The van der Waals surface area contributed by atoms with Crippen molar-refractivity contribution >= 4 is 12.0 Å². The smallest absolute Gasteiger partial charge is 0.418 e. The highest BCUT2D eigenvalue weighted by atomic mass is 19.4. The van der Waals surface area contributed by atoms with Crippen molar-refractivity contribution in [3.63, 3.8) is 0 Å². The quantitative estimate of drug-likeness (QED) is 0.802. The molecule has 9 heteroatoms. The SMILES string of the molecule is O=C1O[C@]2(CCc3ccccc32)C(=O)N1C[C@@H](O)COc1cccc(C(F)(F)F)c1. The molecule has 1 spiro atoms. The second-order valence-electron chi connectivity index (χ2n) is 7.26. The fraction of sp³-hybridized carbons (Fsp3) is 0.333. The topological polar surface area (TPSA) is 76.1 Å². The van der Waals surface area contributed by atoms with E-state index in [9.17, 15) is 27.9 Å². The molecule has 2 atom stereocenters. The normalized spacial score (nSPS) is 21.7. The van der Waals surface area contributed by atoms with Crippen LogP contribution in [-0.2, 0) is 27.7 Å². The predicted molar refractivity (Wildman–Crippen MR) is 97.6 cm³/mol. The van der Waals surface area contributed by atoms with Crippen molar-refractivity contribution in [2.75, 3.05) is 13.2 Å². The van der Waals surface area contributed by atoms with Crippen molar-refractivity contribution in [2.24, 2.45) is 0 Å². The minimum atomic E-state index is -4.52. The van der Waals surface area contributed by atoms with Crippen LogP contribution >= 0.6 is 0 Å². The van der Waals surface area contributed by atoms with Gasteiger partial charge in [-0.3, -0.25) is 4.79 Å². The number of aliphatic hydroxyl groups excluding tert-OH is 1. The summed E-state index contributed by atoms with van der Waals surface area (Å²) in [6.45, 7) is -0.789. The molecule has 2 aromatic rings. The predicted octanol–water partition coefficient (Wildman–Crippen LogP) is 3.27. The Balaban J connectivity index is 1.42. The summed E-state index contributed by atoms with van der Waals surface area (Å²) in [6.07, 6.45) is -5.78. The van der Waals surface area contributed by atoms with Crippen LogP contribution in [0.5, 0.6) is 5.75 Å². The first-order chi connectivity index (χ1) is 14.2. The molecule has 0 radical (unpaired) electrons. The summed E-state index contributed by atoms with van der Waals surface area (Å²) in [5.74, 6) is -0.643. The van der Waals surface area contributed by atoms with E-state index in [1.807, 2.05) is 12.1 Å². The Labute approximate surface area is 169 Å². The second kappa shape index (κ2) is 7.32. The lowest BCUT2D eigenvalue weighted by Crippen LogP contribution is -2.42. The number of aliphatic hydroxyl groups is 1. The second-order valence-corrected chi connectivity index (χ2v) is 7.26. The molecule has 2 aliphatic rings. The summed E-state index contributed by atoms with van der Waals surface area (Å²) in [4.78, 5) is 26.1. The Morgan fingerprint density at radius 2 is 1.93 bits per heavy atom. The van der Waals surface area contributed by atoms with E-state index in [1.165, 1.54) is 12.1 Å². The van der Waals surface area contributed by atoms with Crippen molar-refractivity contribution in [1.82, 2.24) is 4.90 Å². The highest BCUT2D eigenvalue weighted by Gasteiger charge is 2.58. The number of hydrogen-bond acceptors (Lipinski definition) is 5. The number of carbonyl (C=O) groups excluding carboxylic acids is 2. The van der Waals surface area contributed by atoms with Gasteiger partial charge in [-0.1, -0.05) is 30.3 Å². The molecule has 0 unspecified atom stereocenters. The van der Waals surface area contributed by atoms with Gasteiger partial charge in [0.05, 0.1) is 12.1 Å². The van der Waals surface area contributed by atoms with Gasteiger partial charge in [-0.15, -0.1) is 0 Å². The third-order valence-corrected chi connectivity index (χ3v) is 5.27. The number of alkyl halides is 3. The molecule has 4 rings (SSSR count). The molecule has 6 nitrogen and oxygen atoms in total. The maximum atomic E-state index is 13.0. The average Bonchev–Trinajstić information content (AvgIpc) is 3.19. The number of nitrogens with zero attached hydrogens (tertiary/aromatic N) is 1. The standard InChI is InChI=1S/C21H18F3NO5/c22-21(23,24)14-5-3-6-16(10-14)29-12-15(26)11-25-18(27)20(30-19(25)28)9-8-13-4-1-2-7-17(13)20/h1-7,10,15,26H,8-9,11-12H2/t15-,20+/m1/s1. The van der Waals surface area contributed by atoms with Crippen LogP contribution in [0.1, 0.15) is 23.1 Å². The van der Waals surface area contributed by atoms with E-state index < -0.39 is 42.1 Å². The molecule has 1 aliphatic heterocycles. The zero-order chi connectivity index (χ0) is 21.5. The summed E-state index contributed by atoms with van der Waals surface area (Å²) in [5.41, 5.74) is -0.695. The van der Waals surface area contributed by atoms with Gasteiger partial charge in [-0.25, -0.2) is 9.69 Å². The van der Waals surface area contributed by atoms with Gasteiger partial charge in [0.1, 0.15) is 18.5 Å². The van der Waals surface area contributed by atoms with Gasteiger partial charge in [-0.05, 0) is 30.2 Å². The van der Waals surface area contributed by atoms with Crippen LogP contribution < -0.4 is 4.74 Å². The summed E-state index contributed by atoms with van der Waals surface area (Å²) < 4.78 is 49.0. The van der Waals surface area contributed by atoms with E-state index >= 15 is 0 Å². The van der Waals surface area contributed by atoms with Gasteiger partial charge in [-0.2, -0.15) is 13.2 Å². The van der Waals surface area contributed by atoms with Crippen LogP contribution in [0.4, 0.5) is 18.0 Å². The van der Waals surface area contributed by atoms with Gasteiger partial charge in [0.2, 0.25) is 5.60 Å². The van der Waals surface area contributed by atoms with Crippen molar-refractivity contribution in [1.29, 1.82) is 0 Å². The molecule has 1 heterocycles. The van der Waals surface area contributed by atoms with Crippen molar-refractivity contribution in [3.05, 3.63) is 65.2 Å². The fourth-order valence-electron chi connectivity index (χ4n) is 3.83. The van der Waals surface area contributed by atoms with Crippen LogP contribution in [0.15, 0.2) is 48.5 Å². The van der Waals surface area contributed by atoms with Crippen LogP contribution in [0, 0.1) is 0 Å². The van der Waals surface area contributed by atoms with Crippen molar-refractivity contribution < 1.29 is 37.3 Å². The first-order valence-electron chi connectivity index (χ1n) is 9.32. The zero-order valence-electron chi connectivity index (χ0n) is 15.7. The number of hydrogen-bond donors (Lipinski definition) is 1. The van der Waals surface area contributed by atoms with Gasteiger partial charge in [0, 0.05) is 12.0 Å². The number of rotatable bonds is 5. The Bertz CT molecular complexity index is 993. The maximum absolute atomic E-state index is 13.0. The number of benzene rings is 2. The summed E-state index contributed by atoms with van der Waals surface area (Å²) >= 11 is 0. The highest BCUT2D eigenvalue weighted by molar-refractivity contribution is 6.04. The number of amides is 2. The Kier molecular flexibility index (Phi) is 4.93. The maximum Gasteiger partial charge on any atom is 0.418 e. The van der Waals surface area contributed by atoms with E-state index in [4.69, 9.17) is 9.47 Å². The van der Waals surface area contributed by atoms with Crippen LogP contribution in [0.25, 0.3) is 0 Å². The average molecular weight is 421 g/mol. The molecule has 0 saturated carbocycles. The molecule has 2 aromatic carbocycles. The minimum Gasteiger partial charge on any atom is -0.491 e. The number of aryl methyl sites for hydroxylation is 1. The molecule has 1 aliphatic carbocycles. The molecule has 30 heavy (non-hydrogen) atoms. The lowest BCUT2D eigenvalue weighted by Gasteiger charge is -2.21. The summed E-state index contributed by atoms with van der Waals surface area (Å²) in [5, 5.41) is 10.2. The van der Waals surface area contributed by atoms with Gasteiger partial charge in [0.25, 0.3) is 5.91 Å². The van der Waals surface area contributed by atoms with E-state index in [0.717, 1.165) is 22.6 Å². The lowest BCUT2D eigenvalue weighted by atomic mass is 9.95. The van der Waals surface area contributed by atoms with E-state index in [1.54, 1.807) is 12.1 Å². The van der Waals surface area contributed by atoms with E-state index in [0.29, 0.717) is 18.4 Å². The number of fused-ring (bicyclic) bond motifs is 2. The largest absolute Gasteiger partial charge is 0.491 e. The van der Waals surface area contributed by atoms with E-state index in [2.05, 4.69) is 0 Å². The van der Waals surface area contributed by atoms with Crippen molar-refractivity contribution in [3.8, 4) is 5.75 Å². The first kappa shape index (κ1) is 20.2. The summed E-state index contributed by atoms with van der Waals surface area (Å²) in [7, 11) is 0. The van der Waals surface area contributed by atoms with Crippen LogP contribution in [0.3, 0.4) is 0 Å². The molecular formula is C21H18F3NO5. The number of ether oxygens (including phenoxy) is 2. The highest BCUT2D eigenvalue weighted by Crippen LogP contribution is 2.45. The van der Waals surface area contributed by atoms with E-state index in [-0.39, 0.29) is 12.3 Å². The fourth-order valence-corrected chi connectivity index (χ4v) is 3.83. The van der Waals surface area contributed by atoms with Crippen LogP contribution in [-0.4, -0.2) is 41.3 Å². The number of imide groups is 1. The Morgan fingerprint density at radius 3 is 2.70 bits per heavy atom. The molecule has 1 N–H and O–H groups in total. The lowest BCUT2D eigenvalue weighted by molar-refractivity contribution is -0.139. The monoisotopic (exact) mass is 421 g/mol. The number of β-amino-alcohol motifs (C(OH)–C–C–N with tert-alkyl or cyclic N) is 1. The molecule has 0 aromatic heterocycles. The third kappa shape index (κ3) is 3.49. The molecule has 1 fully saturated rings. The molecule has 0 bridgehead atoms. The molecule has 1 saturated heterocycles.